The van der Waals surface area contributed by atoms with Crippen LogP contribution in [0.4, 0.5) is 0 Å². The van der Waals surface area contributed by atoms with E-state index in [4.69, 9.17) is 5.11 Å². The highest BCUT2D eigenvalue weighted by Crippen LogP contribution is 2.31. The number of halogens is 2. The van der Waals surface area contributed by atoms with Crippen LogP contribution in [0, 0.1) is 0 Å². The Labute approximate surface area is 98.6 Å². The second-order valence-corrected chi connectivity index (χ2v) is 6.58. The molecule has 1 atom stereocenters. The van der Waals surface area contributed by atoms with Crippen LogP contribution in [0.3, 0.4) is 0 Å². The minimum Gasteiger partial charge on any atom is -0.392 e. The zero-order valence-electron chi connectivity index (χ0n) is 7.18. The van der Waals surface area contributed by atoms with Crippen molar-refractivity contribution in [2.75, 3.05) is 6.54 Å². The molecule has 0 amide bonds. The van der Waals surface area contributed by atoms with Gasteiger partial charge in [-0.25, -0.2) is 0 Å². The summed E-state index contributed by atoms with van der Waals surface area (Å²) >= 11 is 8.54. The molecule has 0 aliphatic carbocycles. The standard InChI is InChI=1S/C8H11Br2NOS/c1-5(12)3-11-4-6-2-7(9)13-8(6)10/h2,5,11-12H,3-4H2,1H3/t5-/m1/s1. The number of hydrogen-bond donors (Lipinski definition) is 2. The smallest absolute Gasteiger partial charge is 0.0755 e. The van der Waals surface area contributed by atoms with Crippen molar-refractivity contribution in [2.45, 2.75) is 19.6 Å². The molecule has 5 heteroatoms. The molecule has 1 rings (SSSR count). The summed E-state index contributed by atoms with van der Waals surface area (Å²) in [4.78, 5) is 0. The molecule has 0 aromatic carbocycles. The minimum absolute atomic E-state index is 0.291. The molecule has 0 aliphatic rings. The quantitative estimate of drug-likeness (QED) is 0.890. The molecule has 0 bridgehead atoms. The zero-order chi connectivity index (χ0) is 9.84. The SMILES string of the molecule is C[C@@H](O)CNCc1cc(Br)sc1Br. The second-order valence-electron chi connectivity index (χ2n) is 2.83. The van der Waals surface area contributed by atoms with Crippen LogP contribution < -0.4 is 5.32 Å². The number of hydrogen-bond acceptors (Lipinski definition) is 3. The molecule has 2 N–H and O–H groups in total. The summed E-state index contributed by atoms with van der Waals surface area (Å²) in [5.41, 5.74) is 1.22. The first-order valence-corrected chi connectivity index (χ1v) is 6.32. The van der Waals surface area contributed by atoms with E-state index in [1.807, 2.05) is 0 Å². The lowest BCUT2D eigenvalue weighted by atomic mass is 10.3. The van der Waals surface area contributed by atoms with E-state index in [1.165, 1.54) is 5.56 Å². The van der Waals surface area contributed by atoms with Crippen molar-refractivity contribution in [3.8, 4) is 0 Å². The van der Waals surface area contributed by atoms with E-state index < -0.39 is 0 Å². The monoisotopic (exact) mass is 327 g/mol. The van der Waals surface area contributed by atoms with Gasteiger partial charge in [-0.15, -0.1) is 11.3 Å². The van der Waals surface area contributed by atoms with Crippen LogP contribution in [-0.4, -0.2) is 17.8 Å². The topological polar surface area (TPSA) is 32.3 Å². The van der Waals surface area contributed by atoms with Crippen LogP contribution in [0.25, 0.3) is 0 Å². The summed E-state index contributed by atoms with van der Waals surface area (Å²) in [6.07, 6.45) is -0.291. The highest BCUT2D eigenvalue weighted by molar-refractivity contribution is 9.12. The first kappa shape index (κ1) is 11.7. The Hall–Kier alpha value is 0.580. The van der Waals surface area contributed by atoms with E-state index in [9.17, 15) is 0 Å². The predicted octanol–water partition coefficient (Wildman–Crippen LogP) is 2.74. The van der Waals surface area contributed by atoms with Gasteiger partial charge in [0, 0.05) is 13.1 Å². The van der Waals surface area contributed by atoms with Gasteiger partial charge >= 0.3 is 0 Å². The van der Waals surface area contributed by atoms with Gasteiger partial charge in [0.25, 0.3) is 0 Å². The Morgan fingerprint density at radius 3 is 2.77 bits per heavy atom. The fourth-order valence-corrected chi connectivity index (χ4v) is 3.74. The third-order valence-electron chi connectivity index (χ3n) is 1.48. The maximum absolute atomic E-state index is 9.02. The van der Waals surface area contributed by atoms with E-state index in [2.05, 4.69) is 43.2 Å². The van der Waals surface area contributed by atoms with E-state index in [1.54, 1.807) is 18.3 Å². The molecule has 13 heavy (non-hydrogen) atoms. The van der Waals surface area contributed by atoms with Crippen molar-refractivity contribution < 1.29 is 5.11 Å². The highest BCUT2D eigenvalue weighted by Gasteiger charge is 2.04. The summed E-state index contributed by atoms with van der Waals surface area (Å²) in [5, 5.41) is 12.2. The number of rotatable bonds is 4. The van der Waals surface area contributed by atoms with Gasteiger partial charge in [-0.05, 0) is 50.4 Å². The van der Waals surface area contributed by atoms with Gasteiger partial charge in [-0.3, -0.25) is 0 Å². The molecule has 74 valence electrons. The molecule has 1 heterocycles. The van der Waals surface area contributed by atoms with Crippen molar-refractivity contribution in [1.29, 1.82) is 0 Å². The lowest BCUT2D eigenvalue weighted by Gasteiger charge is -2.05. The van der Waals surface area contributed by atoms with Crippen molar-refractivity contribution >= 4 is 43.2 Å². The molecule has 0 fully saturated rings. The molecular formula is C8H11Br2NOS. The average Bonchev–Trinajstić information content (AvgIpc) is 2.29. The van der Waals surface area contributed by atoms with Crippen molar-refractivity contribution in [1.82, 2.24) is 5.32 Å². The predicted molar refractivity (Wildman–Crippen MR) is 63.1 cm³/mol. The van der Waals surface area contributed by atoms with Crippen molar-refractivity contribution in [3.05, 3.63) is 19.2 Å². The number of aliphatic hydroxyl groups is 1. The first-order valence-electron chi connectivity index (χ1n) is 3.92. The van der Waals surface area contributed by atoms with Gasteiger partial charge in [-0.2, -0.15) is 0 Å². The molecule has 0 saturated heterocycles. The van der Waals surface area contributed by atoms with Crippen molar-refractivity contribution in [3.63, 3.8) is 0 Å². The average molecular weight is 329 g/mol. The van der Waals surface area contributed by atoms with Gasteiger partial charge in [0.1, 0.15) is 0 Å². The summed E-state index contributed by atoms with van der Waals surface area (Å²) < 4.78 is 2.26. The Kier molecular flexibility index (Phi) is 4.89. The summed E-state index contributed by atoms with van der Waals surface area (Å²) in [6.45, 7) is 3.18. The number of thiophene rings is 1. The van der Waals surface area contributed by atoms with Crippen LogP contribution in [0.5, 0.6) is 0 Å². The summed E-state index contributed by atoms with van der Waals surface area (Å²) in [7, 11) is 0. The Morgan fingerprint density at radius 2 is 2.31 bits per heavy atom. The first-order chi connectivity index (χ1) is 6.09. The summed E-state index contributed by atoms with van der Waals surface area (Å²) in [6, 6.07) is 2.07. The van der Waals surface area contributed by atoms with Crippen LogP contribution in [-0.2, 0) is 6.54 Å². The summed E-state index contributed by atoms with van der Waals surface area (Å²) in [5.74, 6) is 0. The van der Waals surface area contributed by atoms with Gasteiger partial charge in [0.05, 0.1) is 13.7 Å². The molecule has 0 aliphatic heterocycles. The fraction of sp³-hybridized carbons (Fsp3) is 0.500. The number of nitrogens with one attached hydrogen (secondary N) is 1. The van der Waals surface area contributed by atoms with E-state index in [0.29, 0.717) is 6.54 Å². The molecule has 1 aromatic heterocycles. The van der Waals surface area contributed by atoms with Crippen molar-refractivity contribution in [2.24, 2.45) is 0 Å². The zero-order valence-corrected chi connectivity index (χ0v) is 11.2. The van der Waals surface area contributed by atoms with E-state index in [0.717, 1.165) is 14.1 Å². The van der Waals surface area contributed by atoms with Gasteiger partial charge in [-0.1, -0.05) is 0 Å². The molecule has 0 saturated carbocycles. The van der Waals surface area contributed by atoms with Gasteiger partial charge < -0.3 is 10.4 Å². The third kappa shape index (κ3) is 4.08. The van der Waals surface area contributed by atoms with Gasteiger partial charge in [0.15, 0.2) is 0 Å². The molecule has 1 aromatic rings. The lowest BCUT2D eigenvalue weighted by Crippen LogP contribution is -2.23. The van der Waals surface area contributed by atoms with Crippen LogP contribution in [0.15, 0.2) is 13.6 Å². The Bertz CT molecular complexity index is 275. The highest BCUT2D eigenvalue weighted by atomic mass is 79.9. The third-order valence-corrected chi connectivity index (χ3v) is 3.95. The molecule has 2 nitrogen and oxygen atoms in total. The second kappa shape index (κ2) is 5.46. The number of aliphatic hydroxyl groups excluding tert-OH is 1. The molecule has 0 spiro atoms. The van der Waals surface area contributed by atoms with Crippen LogP contribution >= 0.6 is 43.2 Å². The molecule has 0 unspecified atom stereocenters. The maximum Gasteiger partial charge on any atom is 0.0755 e. The normalized spacial score (nSPS) is 13.2. The minimum atomic E-state index is -0.291. The Morgan fingerprint density at radius 1 is 1.62 bits per heavy atom. The van der Waals surface area contributed by atoms with E-state index >= 15 is 0 Å². The largest absolute Gasteiger partial charge is 0.392 e. The fourth-order valence-electron chi connectivity index (χ4n) is 0.911. The molecule has 0 radical (unpaired) electrons. The maximum atomic E-state index is 9.02. The lowest BCUT2D eigenvalue weighted by molar-refractivity contribution is 0.191. The van der Waals surface area contributed by atoms with Crippen LogP contribution in [0.1, 0.15) is 12.5 Å². The molecular weight excluding hydrogens is 318 g/mol. The van der Waals surface area contributed by atoms with Crippen LogP contribution in [0.2, 0.25) is 0 Å². The van der Waals surface area contributed by atoms with Gasteiger partial charge in [0.2, 0.25) is 0 Å². The van der Waals surface area contributed by atoms with E-state index in [-0.39, 0.29) is 6.10 Å². The Balaban J connectivity index is 2.40.